The van der Waals surface area contributed by atoms with Crippen molar-refractivity contribution in [1.82, 2.24) is 0 Å². The summed E-state index contributed by atoms with van der Waals surface area (Å²) < 4.78 is 88.5. The number of ether oxygens (including phenoxy) is 1. The predicted octanol–water partition coefficient (Wildman–Crippen LogP) is 7.62. The van der Waals surface area contributed by atoms with Crippen LogP contribution in [0.3, 0.4) is 0 Å². The lowest BCUT2D eigenvalue weighted by Crippen LogP contribution is -2.36. The topological polar surface area (TPSA) is 144 Å². The molecule has 8 rings (SSSR count). The van der Waals surface area contributed by atoms with Crippen LogP contribution in [0.4, 0.5) is 5.69 Å². The van der Waals surface area contributed by atoms with Crippen molar-refractivity contribution in [1.29, 1.82) is 0 Å². The first-order chi connectivity index (χ1) is 25.5. The molecule has 0 saturated carbocycles. The molecule has 1 aromatic heterocycles. The molecule has 0 fully saturated rings. The van der Waals surface area contributed by atoms with Crippen molar-refractivity contribution < 1.29 is 39.7 Å². The maximum atomic E-state index is 12.3. The van der Waals surface area contributed by atoms with Gasteiger partial charge in [-0.25, -0.2) is 16.8 Å². The maximum Gasteiger partial charge on any atom is 0.374 e. The first-order valence-corrected chi connectivity index (χ1v) is 19.6. The van der Waals surface area contributed by atoms with Gasteiger partial charge in [0, 0.05) is 28.5 Å². The number of rotatable bonds is 9. The molecule has 0 bridgehead atoms. The highest BCUT2D eigenvalue weighted by Gasteiger charge is 2.30. The van der Waals surface area contributed by atoms with Crippen LogP contribution >= 0.6 is 0 Å². The average molecular weight is 744 g/mol. The number of anilines is 1. The van der Waals surface area contributed by atoms with Gasteiger partial charge in [0.25, 0.3) is 5.52 Å². The smallest absolute Gasteiger partial charge is 0.374 e. The van der Waals surface area contributed by atoms with Gasteiger partial charge in [0.1, 0.15) is 20.2 Å². The van der Waals surface area contributed by atoms with Gasteiger partial charge in [-0.15, -0.1) is 0 Å². The van der Waals surface area contributed by atoms with E-state index in [9.17, 15) is 25.9 Å². The zero-order chi connectivity index (χ0) is 36.9. The van der Waals surface area contributed by atoms with Crippen LogP contribution < -0.4 is 14.2 Å². The van der Waals surface area contributed by atoms with Crippen molar-refractivity contribution in [2.24, 2.45) is 0 Å². The lowest BCUT2D eigenvalue weighted by atomic mass is 10.1. The van der Waals surface area contributed by atoms with Gasteiger partial charge in [-0.2, -0.15) is 4.57 Å². The monoisotopic (exact) mass is 743 g/mol. The molecule has 0 spiro atoms. The Hall–Kier alpha value is -5.79. The second-order valence-corrected chi connectivity index (χ2v) is 15.4. The summed E-state index contributed by atoms with van der Waals surface area (Å²) in [5.74, 6) is 1.39. The van der Waals surface area contributed by atoms with Crippen molar-refractivity contribution >= 4 is 64.6 Å². The molecule has 0 radical (unpaired) electrons. The predicted molar refractivity (Wildman–Crippen MR) is 199 cm³/mol. The van der Waals surface area contributed by atoms with Crippen LogP contribution in [0, 0.1) is 0 Å². The minimum absolute atomic E-state index is 0.0306. The van der Waals surface area contributed by atoms with Crippen LogP contribution in [0.15, 0.2) is 153 Å². The molecule has 6 aromatic carbocycles. The summed E-state index contributed by atoms with van der Waals surface area (Å²) in [5, 5.41) is 3.63. The van der Waals surface area contributed by atoms with Crippen molar-refractivity contribution in [2.75, 3.05) is 4.90 Å². The van der Waals surface area contributed by atoms with Crippen molar-refractivity contribution in [2.45, 2.75) is 36.2 Å². The Bertz CT molecular complexity index is 2880. The summed E-state index contributed by atoms with van der Waals surface area (Å²) in [4.78, 5) is 1.22. The summed E-state index contributed by atoms with van der Waals surface area (Å²) in [6, 6.07) is 35.5. The van der Waals surface area contributed by atoms with Gasteiger partial charge in [0.2, 0.25) is 11.5 Å². The number of nitrogens with zero attached hydrogens (tertiary/aromatic N) is 2. The molecule has 2 heterocycles. The molecule has 10 nitrogen and oxygen atoms in total. The zero-order valence-corrected chi connectivity index (χ0v) is 29.9. The van der Waals surface area contributed by atoms with E-state index in [-0.39, 0.29) is 22.9 Å². The second-order valence-electron chi connectivity index (χ2n) is 12.7. The van der Waals surface area contributed by atoms with Gasteiger partial charge in [-0.3, -0.25) is 0 Å². The lowest BCUT2D eigenvalue weighted by molar-refractivity contribution is -0.669. The lowest BCUT2D eigenvalue weighted by Gasteiger charge is -2.21. The van der Waals surface area contributed by atoms with Crippen LogP contribution in [0.1, 0.15) is 30.4 Å². The van der Waals surface area contributed by atoms with Gasteiger partial charge in [-0.1, -0.05) is 97.9 Å². The Morgan fingerprint density at radius 1 is 0.717 bits per heavy atom. The summed E-state index contributed by atoms with van der Waals surface area (Å²) in [7, 11) is -9.53. The third-order valence-corrected chi connectivity index (χ3v) is 11.3. The summed E-state index contributed by atoms with van der Waals surface area (Å²) in [6.07, 6.45) is 4.19. The maximum absolute atomic E-state index is 12.3. The number of allylic oxidation sites excluding steroid dienone is 2. The fraction of sp³-hybridized carbons (Fsp3) is 0.0976. The van der Waals surface area contributed by atoms with Gasteiger partial charge < -0.3 is 23.2 Å². The van der Waals surface area contributed by atoms with Gasteiger partial charge in [0.05, 0.1) is 28.1 Å². The Labute approximate surface area is 306 Å². The zero-order valence-electron chi connectivity index (χ0n) is 28.3. The quantitative estimate of drug-likeness (QED) is 0.108. The molecule has 0 aliphatic carbocycles. The van der Waals surface area contributed by atoms with Crippen molar-refractivity contribution in [3.8, 4) is 5.75 Å². The van der Waals surface area contributed by atoms with E-state index in [1.807, 2.05) is 101 Å². The molecular formula is C41H31N2O8S2-. The van der Waals surface area contributed by atoms with Crippen LogP contribution in [-0.4, -0.2) is 25.9 Å². The Kier molecular flexibility index (Phi) is 8.62. The minimum atomic E-state index is -4.77. The number of benzene rings is 6. The van der Waals surface area contributed by atoms with E-state index in [1.165, 1.54) is 24.3 Å². The number of hydrogen-bond donors (Lipinski definition) is 0. The summed E-state index contributed by atoms with van der Waals surface area (Å²) in [5.41, 5.74) is 3.37. The van der Waals surface area contributed by atoms with Crippen LogP contribution in [-0.2, 0) is 33.3 Å². The second kappa shape index (κ2) is 13.3. The third kappa shape index (κ3) is 6.46. The van der Waals surface area contributed by atoms with Gasteiger partial charge in [0.15, 0.2) is 12.3 Å². The molecule has 7 aromatic rings. The van der Waals surface area contributed by atoms with E-state index in [4.69, 9.17) is 9.15 Å². The summed E-state index contributed by atoms with van der Waals surface area (Å²) >= 11 is 0. The molecule has 0 atom stereocenters. The van der Waals surface area contributed by atoms with Crippen LogP contribution in [0.5, 0.6) is 5.75 Å². The molecule has 0 N–H and O–H groups in total. The summed E-state index contributed by atoms with van der Waals surface area (Å²) in [6.45, 7) is 2.03. The average Bonchev–Trinajstić information content (AvgIpc) is 3.68. The molecule has 0 unspecified atom stereocenters. The fourth-order valence-corrected chi connectivity index (χ4v) is 8.26. The van der Waals surface area contributed by atoms with Gasteiger partial charge in [-0.05, 0) is 52.6 Å². The van der Waals surface area contributed by atoms with E-state index in [1.54, 1.807) is 24.3 Å². The molecule has 0 amide bonds. The highest BCUT2D eigenvalue weighted by molar-refractivity contribution is 7.86. The van der Waals surface area contributed by atoms with E-state index < -0.39 is 20.2 Å². The highest BCUT2D eigenvalue weighted by atomic mass is 32.2. The normalized spacial score (nSPS) is 14.4. The SMILES string of the molecule is CCC(=Cc1oc2c3ccccc3ccc2[n+]1Cc1ccccc1S(=O)(=O)[O-])C=C1Oc2c(ccc3ccccc23)N1Cc1ccccc1S(=O)(=O)[O-]. The molecule has 53 heavy (non-hydrogen) atoms. The number of oxazole rings is 1. The highest BCUT2D eigenvalue weighted by Crippen LogP contribution is 2.45. The number of hydrogen-bond acceptors (Lipinski definition) is 9. The third-order valence-electron chi connectivity index (χ3n) is 9.41. The Morgan fingerprint density at radius 2 is 1.30 bits per heavy atom. The van der Waals surface area contributed by atoms with Crippen LogP contribution in [0.25, 0.3) is 38.7 Å². The van der Waals surface area contributed by atoms with Crippen molar-refractivity contribution in [3.05, 3.63) is 156 Å². The fourth-order valence-electron chi connectivity index (χ4n) is 6.86. The number of aromatic nitrogens is 1. The van der Waals surface area contributed by atoms with Crippen molar-refractivity contribution in [3.63, 3.8) is 0 Å². The van der Waals surface area contributed by atoms with Gasteiger partial charge >= 0.3 is 5.89 Å². The Morgan fingerprint density at radius 3 is 2.00 bits per heavy atom. The molecule has 266 valence electrons. The molecule has 0 saturated heterocycles. The molecule has 1 aliphatic heterocycles. The van der Waals surface area contributed by atoms with Crippen LogP contribution in [0.2, 0.25) is 0 Å². The minimum Gasteiger partial charge on any atom is -0.744 e. The van der Waals surface area contributed by atoms with E-state index in [2.05, 4.69) is 0 Å². The standard InChI is InChI=1S/C41H32N2O8S2/c1-2-27(23-38-42(25-30-13-5-9-17-36(30)52(44,45)46)34-21-19-28-11-3-7-15-32(28)40(34)50-38)24-39-43(26-31-14-6-10-18-37(31)53(47,48)49)35-22-20-29-12-4-8-16-33(29)41(35)51-39/h3-24H,2,25-26H2,1H3,(H-,44,45,46,47,48,49)/p-1. The first-order valence-electron chi connectivity index (χ1n) is 16.8. The van der Waals surface area contributed by atoms with E-state index in [0.29, 0.717) is 51.9 Å². The first kappa shape index (κ1) is 34.3. The molecule has 12 heteroatoms. The number of fused-ring (bicyclic) bond motifs is 6. The molecular weight excluding hydrogens is 713 g/mol. The largest absolute Gasteiger partial charge is 0.744 e. The Balaban J connectivity index is 1.30. The van der Waals surface area contributed by atoms with E-state index in [0.717, 1.165) is 27.1 Å². The van der Waals surface area contributed by atoms with E-state index >= 15 is 0 Å². The molecule has 1 aliphatic rings.